The number of amides is 1. The predicted octanol–water partition coefficient (Wildman–Crippen LogP) is 2.81. The monoisotopic (exact) mass is 371 g/mol. The first-order chi connectivity index (χ1) is 12.0. The molecular weight excluding hydrogens is 352 g/mol. The number of para-hydroxylation sites is 2. The molecule has 0 aliphatic carbocycles. The van der Waals surface area contributed by atoms with Crippen LogP contribution in [0.25, 0.3) is 11.0 Å². The molecule has 1 aromatic carbocycles. The molecule has 0 saturated heterocycles. The number of ether oxygens (including phenoxy) is 1. The molecule has 1 amide bonds. The lowest BCUT2D eigenvalue weighted by Crippen LogP contribution is -2.29. The minimum absolute atomic E-state index is 0.0953. The van der Waals surface area contributed by atoms with Crippen LogP contribution in [0.5, 0.6) is 0 Å². The van der Waals surface area contributed by atoms with E-state index in [4.69, 9.17) is 4.74 Å². The second-order valence-corrected chi connectivity index (χ2v) is 6.06. The Kier molecular flexibility index (Phi) is 7.17. The molecule has 0 aliphatic heterocycles. The van der Waals surface area contributed by atoms with Crippen molar-refractivity contribution in [1.82, 2.24) is 14.9 Å². The van der Waals surface area contributed by atoms with Crippen molar-refractivity contribution in [3.63, 3.8) is 0 Å². The molecule has 0 fully saturated rings. The summed E-state index contributed by atoms with van der Waals surface area (Å²) in [6.07, 6.45) is 0.669. The molecule has 9 heteroatoms. The van der Waals surface area contributed by atoms with Crippen molar-refractivity contribution in [1.29, 1.82) is 0 Å². The van der Waals surface area contributed by atoms with Crippen LogP contribution < -0.4 is 5.32 Å². The van der Waals surface area contributed by atoms with Crippen LogP contribution >= 0.6 is 11.8 Å². The lowest BCUT2D eigenvalue weighted by Gasteiger charge is -2.09. The molecule has 0 unspecified atom stereocenters. The number of hydrogen-bond donors (Lipinski definition) is 1. The van der Waals surface area contributed by atoms with E-state index in [2.05, 4.69) is 10.3 Å². The second-order valence-electron chi connectivity index (χ2n) is 5.11. The number of nitrogens with zero attached hydrogens (tertiary/aromatic N) is 2. The number of nitrogens with one attached hydrogen (secondary N) is 1. The van der Waals surface area contributed by atoms with Gasteiger partial charge < -0.3 is 14.6 Å². The van der Waals surface area contributed by atoms with Gasteiger partial charge in [0, 0.05) is 13.0 Å². The summed E-state index contributed by atoms with van der Waals surface area (Å²) in [5, 5.41) is 2.77. The third-order valence-corrected chi connectivity index (χ3v) is 4.00. The molecule has 0 saturated carbocycles. The van der Waals surface area contributed by atoms with Crippen molar-refractivity contribution in [3.05, 3.63) is 24.3 Å². The van der Waals surface area contributed by atoms with Gasteiger partial charge in [0.15, 0.2) is 5.16 Å². The van der Waals surface area contributed by atoms with Crippen molar-refractivity contribution in [2.24, 2.45) is 0 Å². The SMILES string of the molecule is CCOC(=O)CCCNC(=O)Cn1c(SC(F)F)nc2ccccc21. The van der Waals surface area contributed by atoms with E-state index in [0.717, 1.165) is 0 Å². The number of thioether (sulfide) groups is 1. The van der Waals surface area contributed by atoms with Gasteiger partial charge in [0.05, 0.1) is 17.6 Å². The van der Waals surface area contributed by atoms with E-state index in [0.29, 0.717) is 42.4 Å². The molecular formula is C16H19F2N3O3S. The number of hydrogen-bond acceptors (Lipinski definition) is 5. The van der Waals surface area contributed by atoms with Gasteiger partial charge in [0.1, 0.15) is 6.54 Å². The van der Waals surface area contributed by atoms with Crippen molar-refractivity contribution in [2.45, 2.75) is 37.2 Å². The van der Waals surface area contributed by atoms with Crippen molar-refractivity contribution in [2.75, 3.05) is 13.2 Å². The van der Waals surface area contributed by atoms with Gasteiger partial charge in [-0.15, -0.1) is 0 Å². The third kappa shape index (κ3) is 5.70. The number of halogens is 2. The van der Waals surface area contributed by atoms with Crippen LogP contribution in [0.1, 0.15) is 19.8 Å². The number of benzene rings is 1. The number of alkyl halides is 2. The highest BCUT2D eigenvalue weighted by Crippen LogP contribution is 2.28. The Hall–Kier alpha value is -2.16. The molecule has 0 atom stereocenters. The largest absolute Gasteiger partial charge is 0.466 e. The number of fused-ring (bicyclic) bond motifs is 1. The minimum atomic E-state index is -2.62. The molecule has 1 heterocycles. The molecule has 2 aromatic rings. The first kappa shape index (κ1) is 19.2. The molecule has 0 aliphatic rings. The van der Waals surface area contributed by atoms with Crippen LogP contribution in [0.3, 0.4) is 0 Å². The van der Waals surface area contributed by atoms with Crippen LogP contribution in [0.2, 0.25) is 0 Å². The van der Waals surface area contributed by atoms with E-state index < -0.39 is 5.76 Å². The van der Waals surface area contributed by atoms with Crippen LogP contribution in [0.4, 0.5) is 8.78 Å². The molecule has 25 heavy (non-hydrogen) atoms. The van der Waals surface area contributed by atoms with Gasteiger partial charge in [0.25, 0.3) is 5.76 Å². The first-order valence-corrected chi connectivity index (χ1v) is 8.71. The van der Waals surface area contributed by atoms with Gasteiger partial charge in [-0.1, -0.05) is 12.1 Å². The highest BCUT2D eigenvalue weighted by Gasteiger charge is 2.17. The Bertz CT molecular complexity index is 736. The van der Waals surface area contributed by atoms with Crippen LogP contribution in [0.15, 0.2) is 29.4 Å². The van der Waals surface area contributed by atoms with Crippen molar-refractivity contribution in [3.8, 4) is 0 Å². The van der Waals surface area contributed by atoms with Crippen LogP contribution in [0, 0.1) is 0 Å². The summed E-state index contributed by atoms with van der Waals surface area (Å²) in [6.45, 7) is 2.24. The first-order valence-electron chi connectivity index (χ1n) is 7.83. The topological polar surface area (TPSA) is 73.2 Å². The van der Waals surface area contributed by atoms with Gasteiger partial charge in [-0.05, 0) is 37.2 Å². The quantitative estimate of drug-likeness (QED) is 0.417. The van der Waals surface area contributed by atoms with E-state index in [9.17, 15) is 18.4 Å². The molecule has 0 radical (unpaired) electrons. The predicted molar refractivity (Wildman–Crippen MR) is 90.5 cm³/mol. The summed E-state index contributed by atoms with van der Waals surface area (Å²) in [4.78, 5) is 27.5. The Morgan fingerprint density at radius 1 is 1.36 bits per heavy atom. The normalized spacial score (nSPS) is 11.0. The highest BCUT2D eigenvalue weighted by molar-refractivity contribution is 7.99. The molecule has 136 valence electrons. The summed E-state index contributed by atoms with van der Waals surface area (Å²) in [7, 11) is 0. The minimum Gasteiger partial charge on any atom is -0.466 e. The average molecular weight is 371 g/mol. The second kappa shape index (κ2) is 9.36. The zero-order chi connectivity index (χ0) is 18.2. The summed E-state index contributed by atoms with van der Waals surface area (Å²) in [5.41, 5.74) is 1.17. The molecule has 0 bridgehead atoms. The Labute approximate surface area is 147 Å². The number of aromatic nitrogens is 2. The molecule has 1 N–H and O–H groups in total. The smallest absolute Gasteiger partial charge is 0.305 e. The Morgan fingerprint density at radius 2 is 2.12 bits per heavy atom. The highest BCUT2D eigenvalue weighted by atomic mass is 32.2. The summed E-state index contributed by atoms with van der Waals surface area (Å²) in [5.74, 6) is -3.26. The lowest BCUT2D eigenvalue weighted by molar-refractivity contribution is -0.143. The number of imidazole rings is 1. The van der Waals surface area contributed by atoms with Gasteiger partial charge in [-0.2, -0.15) is 8.78 Å². The van der Waals surface area contributed by atoms with E-state index in [1.165, 1.54) is 4.57 Å². The fraction of sp³-hybridized carbons (Fsp3) is 0.438. The van der Waals surface area contributed by atoms with Crippen molar-refractivity contribution >= 4 is 34.7 Å². The van der Waals surface area contributed by atoms with Gasteiger partial charge >= 0.3 is 5.97 Å². The van der Waals surface area contributed by atoms with E-state index in [-0.39, 0.29) is 30.0 Å². The fourth-order valence-corrected chi connectivity index (χ4v) is 2.87. The fourth-order valence-electron chi connectivity index (χ4n) is 2.27. The zero-order valence-electron chi connectivity index (χ0n) is 13.7. The van der Waals surface area contributed by atoms with Crippen molar-refractivity contribution < 1.29 is 23.1 Å². The molecule has 0 spiro atoms. The Morgan fingerprint density at radius 3 is 2.84 bits per heavy atom. The molecule has 2 rings (SSSR count). The lowest BCUT2D eigenvalue weighted by atomic mass is 10.3. The van der Waals surface area contributed by atoms with E-state index >= 15 is 0 Å². The summed E-state index contributed by atoms with van der Waals surface area (Å²) < 4.78 is 31.7. The van der Waals surface area contributed by atoms with Crippen LogP contribution in [-0.4, -0.2) is 40.3 Å². The summed E-state index contributed by atoms with van der Waals surface area (Å²) >= 11 is 0.308. The number of carbonyl (C=O) groups excluding carboxylic acids is 2. The molecule has 6 nitrogen and oxygen atoms in total. The molecule has 1 aromatic heterocycles. The van der Waals surface area contributed by atoms with Gasteiger partial charge in [-0.25, -0.2) is 4.98 Å². The number of carbonyl (C=O) groups is 2. The van der Waals surface area contributed by atoms with Gasteiger partial charge in [-0.3, -0.25) is 9.59 Å². The third-order valence-electron chi connectivity index (χ3n) is 3.30. The van der Waals surface area contributed by atoms with Crippen LogP contribution in [-0.2, 0) is 20.9 Å². The van der Waals surface area contributed by atoms with Gasteiger partial charge in [0.2, 0.25) is 5.91 Å². The van der Waals surface area contributed by atoms with E-state index in [1.54, 1.807) is 31.2 Å². The maximum atomic E-state index is 12.7. The number of esters is 1. The maximum absolute atomic E-state index is 12.7. The number of rotatable bonds is 9. The standard InChI is InChI=1S/C16H19F2N3O3S/c1-2-24-14(23)8-5-9-19-13(22)10-21-12-7-4-3-6-11(12)20-16(21)25-15(17)18/h3-4,6-7,15H,2,5,8-10H2,1H3,(H,19,22). The zero-order valence-corrected chi connectivity index (χ0v) is 14.5. The average Bonchev–Trinajstić information content (AvgIpc) is 2.89. The maximum Gasteiger partial charge on any atom is 0.305 e. The van der Waals surface area contributed by atoms with E-state index in [1.807, 2.05) is 0 Å². The summed E-state index contributed by atoms with van der Waals surface area (Å²) in [6, 6.07) is 6.95. The Balaban J connectivity index is 1.96.